The van der Waals surface area contributed by atoms with E-state index in [0.29, 0.717) is 19.7 Å². The fourth-order valence-electron chi connectivity index (χ4n) is 4.02. The third-order valence-corrected chi connectivity index (χ3v) is 5.20. The van der Waals surface area contributed by atoms with Crippen LogP contribution in [0.2, 0.25) is 0 Å². The standard InChI is InChI=1S/C18H22N2O3/c21-12-13-9-16-17(10-13)23-8-7-20(16)18(22)11-19-6-5-14-3-1-2-4-15(14)19/h1-6,13,16-17,21H,7-12H2/t13-,16+,17+/m1/s1. The number of morpholine rings is 1. The van der Waals surface area contributed by atoms with Gasteiger partial charge in [0.1, 0.15) is 6.54 Å². The minimum atomic E-state index is 0.0891. The van der Waals surface area contributed by atoms with Gasteiger partial charge in [-0.15, -0.1) is 0 Å². The molecular weight excluding hydrogens is 292 g/mol. The van der Waals surface area contributed by atoms with Crippen LogP contribution >= 0.6 is 0 Å². The molecule has 4 rings (SSSR count). The van der Waals surface area contributed by atoms with E-state index in [4.69, 9.17) is 4.74 Å². The summed E-state index contributed by atoms with van der Waals surface area (Å²) in [6.45, 7) is 1.79. The summed E-state index contributed by atoms with van der Waals surface area (Å²) in [5.74, 6) is 0.397. The molecule has 1 saturated heterocycles. The van der Waals surface area contributed by atoms with Crippen LogP contribution in [0.1, 0.15) is 12.8 Å². The Bertz CT molecular complexity index is 711. The first-order valence-corrected chi connectivity index (χ1v) is 8.32. The average molecular weight is 314 g/mol. The Kier molecular flexibility index (Phi) is 3.83. The fraction of sp³-hybridized carbons (Fsp3) is 0.500. The Labute approximate surface area is 135 Å². The number of benzene rings is 1. The van der Waals surface area contributed by atoms with Gasteiger partial charge in [-0.1, -0.05) is 18.2 Å². The average Bonchev–Trinajstić information content (AvgIpc) is 3.18. The summed E-state index contributed by atoms with van der Waals surface area (Å²) in [6, 6.07) is 10.3. The number of amides is 1. The lowest BCUT2D eigenvalue weighted by Crippen LogP contribution is -2.52. The van der Waals surface area contributed by atoms with Gasteiger partial charge in [0.15, 0.2) is 0 Å². The first-order chi connectivity index (χ1) is 11.3. The molecule has 122 valence electrons. The molecule has 0 unspecified atom stereocenters. The molecule has 1 aliphatic heterocycles. The molecule has 2 heterocycles. The van der Waals surface area contributed by atoms with Crippen molar-refractivity contribution in [2.75, 3.05) is 19.8 Å². The van der Waals surface area contributed by atoms with Crippen molar-refractivity contribution in [2.24, 2.45) is 5.92 Å². The molecule has 5 heteroatoms. The van der Waals surface area contributed by atoms with E-state index in [1.165, 1.54) is 0 Å². The Balaban J connectivity index is 1.52. The number of hydrogen-bond acceptors (Lipinski definition) is 3. The number of ether oxygens (including phenoxy) is 1. The van der Waals surface area contributed by atoms with Gasteiger partial charge in [-0.05, 0) is 36.3 Å². The Morgan fingerprint density at radius 1 is 1.26 bits per heavy atom. The van der Waals surface area contributed by atoms with Crippen molar-refractivity contribution in [3.05, 3.63) is 36.5 Å². The smallest absolute Gasteiger partial charge is 0.242 e. The molecule has 0 bridgehead atoms. The van der Waals surface area contributed by atoms with Crippen LogP contribution in [-0.2, 0) is 16.1 Å². The second kappa shape index (κ2) is 5.98. The van der Waals surface area contributed by atoms with E-state index in [1.807, 2.05) is 39.9 Å². The molecule has 0 radical (unpaired) electrons. The van der Waals surface area contributed by atoms with Crippen molar-refractivity contribution >= 4 is 16.8 Å². The minimum Gasteiger partial charge on any atom is -0.396 e. The summed E-state index contributed by atoms with van der Waals surface area (Å²) in [5, 5.41) is 10.6. The normalized spacial score (nSPS) is 27.3. The first kappa shape index (κ1) is 14.7. The van der Waals surface area contributed by atoms with E-state index < -0.39 is 0 Å². The van der Waals surface area contributed by atoms with Crippen LogP contribution < -0.4 is 0 Å². The fourth-order valence-corrected chi connectivity index (χ4v) is 4.02. The Morgan fingerprint density at radius 3 is 3.00 bits per heavy atom. The van der Waals surface area contributed by atoms with Gasteiger partial charge >= 0.3 is 0 Å². The minimum absolute atomic E-state index is 0.0891. The second-order valence-electron chi connectivity index (χ2n) is 6.59. The lowest BCUT2D eigenvalue weighted by Gasteiger charge is -2.37. The topological polar surface area (TPSA) is 54.7 Å². The van der Waals surface area contributed by atoms with E-state index in [0.717, 1.165) is 23.7 Å². The predicted octanol–water partition coefficient (Wildman–Crippen LogP) is 1.64. The summed E-state index contributed by atoms with van der Waals surface area (Å²) in [7, 11) is 0. The molecule has 23 heavy (non-hydrogen) atoms. The summed E-state index contributed by atoms with van der Waals surface area (Å²) in [5.41, 5.74) is 1.09. The number of aliphatic hydroxyl groups excluding tert-OH is 1. The number of carbonyl (C=O) groups is 1. The highest BCUT2D eigenvalue weighted by Crippen LogP contribution is 2.34. The number of nitrogens with zero attached hydrogens (tertiary/aromatic N) is 2. The van der Waals surface area contributed by atoms with Crippen LogP contribution in [-0.4, -0.2) is 52.4 Å². The molecule has 2 fully saturated rings. The lowest BCUT2D eigenvalue weighted by molar-refractivity contribution is -0.144. The highest BCUT2D eigenvalue weighted by Gasteiger charge is 2.42. The van der Waals surface area contributed by atoms with Gasteiger partial charge in [-0.3, -0.25) is 4.79 Å². The Morgan fingerprint density at radius 2 is 2.13 bits per heavy atom. The lowest BCUT2D eigenvalue weighted by atomic mass is 10.1. The molecular formula is C18H22N2O3. The maximum absolute atomic E-state index is 12.8. The molecule has 0 spiro atoms. The molecule has 1 aromatic carbocycles. The zero-order chi connectivity index (χ0) is 15.8. The van der Waals surface area contributed by atoms with Crippen molar-refractivity contribution in [1.82, 2.24) is 9.47 Å². The molecule has 5 nitrogen and oxygen atoms in total. The molecule has 1 aromatic heterocycles. The number of para-hydroxylation sites is 1. The maximum atomic E-state index is 12.8. The van der Waals surface area contributed by atoms with Crippen LogP contribution in [0.25, 0.3) is 10.9 Å². The number of carbonyl (C=O) groups excluding carboxylic acids is 1. The van der Waals surface area contributed by atoms with Gasteiger partial charge in [0.25, 0.3) is 0 Å². The van der Waals surface area contributed by atoms with Crippen LogP contribution in [0.15, 0.2) is 36.5 Å². The summed E-state index contributed by atoms with van der Waals surface area (Å²) in [4.78, 5) is 14.8. The second-order valence-corrected chi connectivity index (χ2v) is 6.59. The highest BCUT2D eigenvalue weighted by molar-refractivity contribution is 5.83. The maximum Gasteiger partial charge on any atom is 0.242 e. The zero-order valence-corrected chi connectivity index (χ0v) is 13.1. The van der Waals surface area contributed by atoms with E-state index in [-0.39, 0.29) is 30.6 Å². The number of aromatic nitrogens is 1. The molecule has 1 N–H and O–H groups in total. The van der Waals surface area contributed by atoms with Crippen LogP contribution in [0.5, 0.6) is 0 Å². The van der Waals surface area contributed by atoms with Crippen molar-refractivity contribution in [3.8, 4) is 0 Å². The molecule has 1 amide bonds. The summed E-state index contributed by atoms with van der Waals surface area (Å²) >= 11 is 0. The van der Waals surface area contributed by atoms with Gasteiger partial charge in [-0.2, -0.15) is 0 Å². The Hall–Kier alpha value is -1.85. The van der Waals surface area contributed by atoms with E-state index >= 15 is 0 Å². The van der Waals surface area contributed by atoms with Gasteiger partial charge in [0.05, 0.1) is 18.8 Å². The number of fused-ring (bicyclic) bond motifs is 2. The first-order valence-electron chi connectivity index (χ1n) is 8.32. The van der Waals surface area contributed by atoms with Crippen molar-refractivity contribution < 1.29 is 14.6 Å². The van der Waals surface area contributed by atoms with E-state index in [2.05, 4.69) is 6.07 Å². The van der Waals surface area contributed by atoms with Crippen molar-refractivity contribution in [2.45, 2.75) is 31.5 Å². The predicted molar refractivity (Wildman–Crippen MR) is 87.0 cm³/mol. The van der Waals surface area contributed by atoms with Gasteiger partial charge in [0.2, 0.25) is 5.91 Å². The number of rotatable bonds is 3. The van der Waals surface area contributed by atoms with Crippen molar-refractivity contribution in [1.29, 1.82) is 0 Å². The van der Waals surface area contributed by atoms with Gasteiger partial charge < -0.3 is 19.3 Å². The highest BCUT2D eigenvalue weighted by atomic mass is 16.5. The molecule has 1 saturated carbocycles. The molecule has 3 atom stereocenters. The SMILES string of the molecule is O=C(Cn1ccc2ccccc21)N1CCO[C@H]2C[C@H](CO)C[C@@H]21. The third-order valence-electron chi connectivity index (χ3n) is 5.20. The quantitative estimate of drug-likeness (QED) is 0.937. The van der Waals surface area contributed by atoms with E-state index in [1.54, 1.807) is 0 Å². The summed E-state index contributed by atoms with van der Waals surface area (Å²) in [6.07, 6.45) is 3.77. The number of hydrogen-bond donors (Lipinski definition) is 1. The largest absolute Gasteiger partial charge is 0.396 e. The molecule has 2 aliphatic rings. The molecule has 2 aromatic rings. The van der Waals surface area contributed by atoms with Crippen LogP contribution in [0.3, 0.4) is 0 Å². The number of aliphatic hydroxyl groups is 1. The van der Waals surface area contributed by atoms with Gasteiger partial charge in [-0.25, -0.2) is 0 Å². The van der Waals surface area contributed by atoms with Crippen LogP contribution in [0, 0.1) is 5.92 Å². The van der Waals surface area contributed by atoms with Crippen molar-refractivity contribution in [3.63, 3.8) is 0 Å². The van der Waals surface area contributed by atoms with Crippen LogP contribution in [0.4, 0.5) is 0 Å². The summed E-state index contributed by atoms with van der Waals surface area (Å²) < 4.78 is 7.82. The molecule has 1 aliphatic carbocycles. The zero-order valence-electron chi connectivity index (χ0n) is 13.1. The third kappa shape index (κ3) is 2.64. The van der Waals surface area contributed by atoms with E-state index in [9.17, 15) is 9.90 Å². The monoisotopic (exact) mass is 314 g/mol. The van der Waals surface area contributed by atoms with Gasteiger partial charge in [0, 0.05) is 24.9 Å².